The van der Waals surface area contributed by atoms with Gasteiger partial charge in [-0.3, -0.25) is 4.79 Å². The van der Waals surface area contributed by atoms with Gasteiger partial charge >= 0.3 is 0 Å². The standard InChI is InChI=1S/C18H24N4O3S2/c1-12(2)17-20-21-18(26-17)19-16(23)14-5-4-10-22(11-14)27(24,25)15-8-6-13(3)7-9-15/h6-9,12,14H,4-5,10-11H2,1-3H3,(H,19,21,23)/t14-/m0/s1. The Labute approximate surface area is 163 Å². The van der Waals surface area contributed by atoms with E-state index in [1.165, 1.54) is 15.6 Å². The summed E-state index contributed by atoms with van der Waals surface area (Å²) in [5.74, 6) is -0.353. The van der Waals surface area contributed by atoms with Crippen molar-refractivity contribution in [2.75, 3.05) is 18.4 Å². The lowest BCUT2D eigenvalue weighted by Crippen LogP contribution is -2.43. The summed E-state index contributed by atoms with van der Waals surface area (Å²) in [6.07, 6.45) is 1.30. The number of sulfonamides is 1. The molecule has 3 rings (SSSR count). The summed E-state index contributed by atoms with van der Waals surface area (Å²) < 4.78 is 27.2. The molecule has 146 valence electrons. The van der Waals surface area contributed by atoms with E-state index in [-0.39, 0.29) is 23.3 Å². The average molecular weight is 409 g/mol. The maximum absolute atomic E-state index is 12.9. The van der Waals surface area contributed by atoms with Gasteiger partial charge in [-0.15, -0.1) is 10.2 Å². The Hall–Kier alpha value is -1.84. The van der Waals surface area contributed by atoms with Crippen molar-refractivity contribution in [2.24, 2.45) is 5.92 Å². The Morgan fingerprint density at radius 1 is 1.26 bits per heavy atom. The largest absolute Gasteiger partial charge is 0.300 e. The molecule has 1 N–H and O–H groups in total. The fraction of sp³-hybridized carbons (Fsp3) is 0.500. The van der Waals surface area contributed by atoms with Crippen LogP contribution in [0, 0.1) is 12.8 Å². The zero-order valence-electron chi connectivity index (χ0n) is 15.7. The lowest BCUT2D eigenvalue weighted by atomic mass is 9.99. The van der Waals surface area contributed by atoms with Gasteiger partial charge in [-0.25, -0.2) is 8.42 Å². The van der Waals surface area contributed by atoms with Gasteiger partial charge in [0.25, 0.3) is 0 Å². The third-order valence-electron chi connectivity index (χ3n) is 4.58. The molecule has 27 heavy (non-hydrogen) atoms. The average Bonchev–Trinajstić information content (AvgIpc) is 3.11. The second-order valence-corrected chi connectivity index (χ2v) is 10.1. The van der Waals surface area contributed by atoms with Crippen molar-refractivity contribution in [3.05, 3.63) is 34.8 Å². The third kappa shape index (κ3) is 4.53. The smallest absolute Gasteiger partial charge is 0.243 e. The number of aromatic nitrogens is 2. The third-order valence-corrected chi connectivity index (χ3v) is 7.60. The Balaban J connectivity index is 1.69. The van der Waals surface area contributed by atoms with E-state index in [1.54, 1.807) is 24.3 Å². The maximum atomic E-state index is 12.9. The van der Waals surface area contributed by atoms with E-state index in [2.05, 4.69) is 15.5 Å². The van der Waals surface area contributed by atoms with E-state index in [1.807, 2.05) is 20.8 Å². The highest BCUT2D eigenvalue weighted by atomic mass is 32.2. The van der Waals surface area contributed by atoms with Gasteiger partial charge in [-0.05, 0) is 31.9 Å². The first-order chi connectivity index (χ1) is 12.8. The van der Waals surface area contributed by atoms with Crippen LogP contribution in [0.3, 0.4) is 0 Å². The molecule has 1 aromatic heterocycles. The Bertz CT molecular complexity index is 907. The van der Waals surface area contributed by atoms with Crippen LogP contribution in [0.15, 0.2) is 29.2 Å². The van der Waals surface area contributed by atoms with Gasteiger partial charge in [0, 0.05) is 19.0 Å². The van der Waals surface area contributed by atoms with Crippen molar-refractivity contribution >= 4 is 32.4 Å². The van der Waals surface area contributed by atoms with E-state index in [0.717, 1.165) is 10.6 Å². The number of hydrogen-bond acceptors (Lipinski definition) is 6. The zero-order chi connectivity index (χ0) is 19.6. The molecule has 2 aromatic rings. The quantitative estimate of drug-likeness (QED) is 0.821. The number of nitrogens with one attached hydrogen (secondary N) is 1. The number of carbonyl (C=O) groups excluding carboxylic acids is 1. The number of nitrogens with zero attached hydrogens (tertiary/aromatic N) is 3. The summed E-state index contributed by atoms with van der Waals surface area (Å²) >= 11 is 1.35. The number of hydrogen-bond donors (Lipinski definition) is 1. The summed E-state index contributed by atoms with van der Waals surface area (Å²) in [7, 11) is -3.60. The normalized spacial score (nSPS) is 18.6. The molecule has 0 spiro atoms. The second kappa shape index (κ2) is 8.04. The topological polar surface area (TPSA) is 92.3 Å². The van der Waals surface area contributed by atoms with Crippen molar-refractivity contribution < 1.29 is 13.2 Å². The maximum Gasteiger partial charge on any atom is 0.243 e. The van der Waals surface area contributed by atoms with E-state index >= 15 is 0 Å². The van der Waals surface area contributed by atoms with E-state index in [4.69, 9.17) is 0 Å². The first kappa shape index (κ1) is 19.9. The van der Waals surface area contributed by atoms with Gasteiger partial charge < -0.3 is 5.32 Å². The fourth-order valence-corrected chi connectivity index (χ4v) is 5.23. The summed E-state index contributed by atoms with van der Waals surface area (Å²) in [5.41, 5.74) is 1.00. The Kier molecular flexibility index (Phi) is 5.92. The van der Waals surface area contributed by atoms with Crippen LogP contribution in [0.4, 0.5) is 5.13 Å². The van der Waals surface area contributed by atoms with Gasteiger partial charge in [0.05, 0.1) is 10.8 Å². The molecule has 0 unspecified atom stereocenters. The number of aryl methyl sites for hydroxylation is 1. The zero-order valence-corrected chi connectivity index (χ0v) is 17.3. The predicted molar refractivity (Wildman–Crippen MR) is 105 cm³/mol. The molecule has 2 heterocycles. The van der Waals surface area contributed by atoms with Crippen LogP contribution >= 0.6 is 11.3 Å². The summed E-state index contributed by atoms with van der Waals surface area (Å²) in [4.78, 5) is 12.9. The number of anilines is 1. The summed E-state index contributed by atoms with van der Waals surface area (Å²) in [5, 5.41) is 12.2. The molecular formula is C18H24N4O3S2. The van der Waals surface area contributed by atoms with E-state index in [0.29, 0.717) is 24.5 Å². The first-order valence-electron chi connectivity index (χ1n) is 8.98. The molecule has 0 radical (unpaired) electrons. The molecule has 1 aromatic carbocycles. The number of piperidine rings is 1. The highest BCUT2D eigenvalue weighted by molar-refractivity contribution is 7.89. The minimum atomic E-state index is -3.60. The number of amides is 1. The SMILES string of the molecule is Cc1ccc(S(=O)(=O)N2CCC[C@H](C(=O)Nc3nnc(C(C)C)s3)C2)cc1. The fourth-order valence-electron chi connectivity index (χ4n) is 2.96. The number of rotatable bonds is 5. The van der Waals surface area contributed by atoms with E-state index < -0.39 is 15.9 Å². The van der Waals surface area contributed by atoms with Gasteiger partial charge in [0.2, 0.25) is 21.1 Å². The Morgan fingerprint density at radius 3 is 2.59 bits per heavy atom. The van der Waals surface area contributed by atoms with Crippen LogP contribution in [0.1, 0.15) is 43.2 Å². The van der Waals surface area contributed by atoms with Crippen molar-refractivity contribution in [1.29, 1.82) is 0 Å². The lowest BCUT2D eigenvalue weighted by molar-refractivity contribution is -0.120. The van der Waals surface area contributed by atoms with Crippen LogP contribution in [0.5, 0.6) is 0 Å². The van der Waals surface area contributed by atoms with Crippen LogP contribution < -0.4 is 5.32 Å². The molecule has 0 saturated carbocycles. The van der Waals surface area contributed by atoms with Gasteiger partial charge in [-0.1, -0.05) is 42.9 Å². The molecule has 1 aliphatic rings. The van der Waals surface area contributed by atoms with Crippen LogP contribution in [-0.4, -0.2) is 41.9 Å². The second-order valence-electron chi connectivity index (χ2n) is 7.10. The summed E-state index contributed by atoms with van der Waals surface area (Å²) in [6.45, 7) is 6.55. The molecule has 1 atom stereocenters. The van der Waals surface area contributed by atoms with Crippen molar-refractivity contribution in [2.45, 2.75) is 44.4 Å². The molecule has 1 amide bonds. The highest BCUT2D eigenvalue weighted by Gasteiger charge is 2.33. The van der Waals surface area contributed by atoms with Crippen LogP contribution in [-0.2, 0) is 14.8 Å². The van der Waals surface area contributed by atoms with Crippen molar-refractivity contribution in [3.8, 4) is 0 Å². The molecule has 1 saturated heterocycles. The van der Waals surface area contributed by atoms with Gasteiger partial charge in [0.15, 0.2) is 0 Å². The number of carbonyl (C=O) groups is 1. The number of benzene rings is 1. The molecule has 0 aliphatic carbocycles. The molecular weight excluding hydrogens is 384 g/mol. The predicted octanol–water partition coefficient (Wildman–Crippen LogP) is 3.01. The Morgan fingerprint density at radius 2 is 1.96 bits per heavy atom. The first-order valence-corrected chi connectivity index (χ1v) is 11.2. The molecule has 1 fully saturated rings. The van der Waals surface area contributed by atoms with Crippen LogP contribution in [0.2, 0.25) is 0 Å². The molecule has 0 bridgehead atoms. The van der Waals surface area contributed by atoms with Crippen LogP contribution in [0.25, 0.3) is 0 Å². The van der Waals surface area contributed by atoms with Gasteiger partial charge in [0.1, 0.15) is 5.01 Å². The van der Waals surface area contributed by atoms with E-state index in [9.17, 15) is 13.2 Å². The minimum absolute atomic E-state index is 0.178. The van der Waals surface area contributed by atoms with Crippen molar-refractivity contribution in [3.63, 3.8) is 0 Å². The molecule has 1 aliphatic heterocycles. The highest BCUT2D eigenvalue weighted by Crippen LogP contribution is 2.27. The molecule has 9 heteroatoms. The monoisotopic (exact) mass is 408 g/mol. The summed E-state index contributed by atoms with van der Waals surface area (Å²) in [6, 6.07) is 6.79. The van der Waals surface area contributed by atoms with Crippen molar-refractivity contribution in [1.82, 2.24) is 14.5 Å². The lowest BCUT2D eigenvalue weighted by Gasteiger charge is -2.31. The van der Waals surface area contributed by atoms with Gasteiger partial charge in [-0.2, -0.15) is 4.31 Å². The minimum Gasteiger partial charge on any atom is -0.300 e. The molecule has 7 nitrogen and oxygen atoms in total.